The Morgan fingerprint density at radius 1 is 1.04 bits per heavy atom. The molecule has 0 bridgehead atoms. The highest BCUT2D eigenvalue weighted by Crippen LogP contribution is 2.35. The summed E-state index contributed by atoms with van der Waals surface area (Å²) in [4.78, 5) is 4.53. The van der Waals surface area contributed by atoms with Gasteiger partial charge in [-0.25, -0.2) is 14.1 Å². The van der Waals surface area contributed by atoms with E-state index < -0.39 is 0 Å². The molecule has 0 atom stereocenters. The molecule has 0 fully saturated rings. The van der Waals surface area contributed by atoms with Gasteiger partial charge in [-0.3, -0.25) is 0 Å². The summed E-state index contributed by atoms with van der Waals surface area (Å²) in [6, 6.07) is 12.7. The summed E-state index contributed by atoms with van der Waals surface area (Å²) in [5, 5.41) is 0. The molecule has 0 N–H and O–H groups in total. The van der Waals surface area contributed by atoms with Crippen LogP contribution in [0, 0.1) is 13.8 Å². The first kappa shape index (κ1) is 15.9. The van der Waals surface area contributed by atoms with E-state index in [1.807, 2.05) is 13.0 Å². The molecule has 0 radical (unpaired) electrons. The molecular formula is C21H24N3O+. The number of imidazole rings is 1. The molecule has 0 aliphatic carbocycles. The van der Waals surface area contributed by atoms with E-state index in [0.29, 0.717) is 5.89 Å². The van der Waals surface area contributed by atoms with Gasteiger partial charge in [-0.05, 0) is 51.5 Å². The third kappa shape index (κ3) is 2.28. The van der Waals surface area contributed by atoms with Gasteiger partial charge < -0.3 is 4.42 Å². The summed E-state index contributed by atoms with van der Waals surface area (Å²) < 4.78 is 10.7. The Morgan fingerprint density at radius 3 is 2.48 bits per heavy atom. The van der Waals surface area contributed by atoms with Gasteiger partial charge in [-0.2, -0.15) is 0 Å². The molecule has 0 aliphatic heterocycles. The number of nitrogens with zero attached hydrogens (tertiary/aromatic N) is 3. The van der Waals surface area contributed by atoms with Crippen LogP contribution < -0.4 is 4.57 Å². The molecule has 4 rings (SSSR count). The number of fused-ring (bicyclic) bond motifs is 2. The van der Waals surface area contributed by atoms with E-state index in [0.717, 1.165) is 22.5 Å². The third-order valence-corrected chi connectivity index (χ3v) is 4.78. The molecule has 0 spiro atoms. The Hall–Kier alpha value is -2.62. The van der Waals surface area contributed by atoms with Crippen molar-refractivity contribution in [2.24, 2.45) is 7.05 Å². The van der Waals surface area contributed by atoms with Gasteiger partial charge in [0.1, 0.15) is 16.6 Å². The first-order chi connectivity index (χ1) is 11.8. The van der Waals surface area contributed by atoms with Crippen LogP contribution in [-0.4, -0.2) is 9.55 Å². The van der Waals surface area contributed by atoms with Crippen molar-refractivity contribution in [3.05, 3.63) is 47.9 Å². The Kier molecular flexibility index (Phi) is 3.29. The van der Waals surface area contributed by atoms with Gasteiger partial charge in [-0.1, -0.05) is 18.2 Å². The van der Waals surface area contributed by atoms with E-state index in [-0.39, 0.29) is 5.54 Å². The fourth-order valence-electron chi connectivity index (χ4n) is 3.75. The van der Waals surface area contributed by atoms with Gasteiger partial charge in [0.2, 0.25) is 0 Å². The first-order valence-electron chi connectivity index (χ1n) is 8.66. The molecule has 0 unspecified atom stereocenters. The van der Waals surface area contributed by atoms with Crippen LogP contribution in [-0.2, 0) is 12.6 Å². The van der Waals surface area contributed by atoms with Gasteiger partial charge in [0.05, 0.1) is 7.05 Å². The second-order valence-electron chi connectivity index (χ2n) is 7.72. The smallest absolute Gasteiger partial charge is 0.294 e. The number of aryl methyl sites for hydroxylation is 3. The van der Waals surface area contributed by atoms with Gasteiger partial charge in [0, 0.05) is 6.92 Å². The fraction of sp³-hybridized carbons (Fsp3) is 0.333. The average Bonchev–Trinajstić information content (AvgIpc) is 3.05. The Balaban J connectivity index is 2.23. The molecular weight excluding hydrogens is 310 g/mol. The largest absolute Gasteiger partial charge is 0.440 e. The molecule has 2 heterocycles. The third-order valence-electron chi connectivity index (χ3n) is 4.78. The Morgan fingerprint density at radius 2 is 1.76 bits per heavy atom. The highest BCUT2D eigenvalue weighted by atomic mass is 16.3. The van der Waals surface area contributed by atoms with E-state index in [1.165, 1.54) is 16.6 Å². The van der Waals surface area contributed by atoms with Crippen LogP contribution in [0.15, 0.2) is 40.8 Å². The van der Waals surface area contributed by atoms with Crippen molar-refractivity contribution in [2.75, 3.05) is 0 Å². The van der Waals surface area contributed by atoms with Gasteiger partial charge in [-0.15, -0.1) is 0 Å². The summed E-state index contributed by atoms with van der Waals surface area (Å²) in [6.45, 7) is 10.8. The zero-order chi connectivity index (χ0) is 17.9. The zero-order valence-corrected chi connectivity index (χ0v) is 15.7. The average molecular weight is 334 g/mol. The molecule has 4 heteroatoms. The highest BCUT2D eigenvalue weighted by Gasteiger charge is 2.34. The lowest BCUT2D eigenvalue weighted by atomic mass is 10.0. The lowest BCUT2D eigenvalue weighted by molar-refractivity contribution is -0.634. The monoisotopic (exact) mass is 334 g/mol. The number of aromatic nitrogens is 3. The zero-order valence-electron chi connectivity index (χ0n) is 15.7. The summed E-state index contributed by atoms with van der Waals surface area (Å²) in [5.41, 5.74) is 6.43. The molecule has 128 valence electrons. The summed E-state index contributed by atoms with van der Waals surface area (Å²) in [5.74, 6) is 1.84. The van der Waals surface area contributed by atoms with Gasteiger partial charge in [0.15, 0.2) is 22.5 Å². The number of benzene rings is 2. The number of hydrogen-bond donors (Lipinski definition) is 0. The summed E-state index contributed by atoms with van der Waals surface area (Å²) in [7, 11) is 2.13. The van der Waals surface area contributed by atoms with E-state index in [4.69, 9.17) is 4.42 Å². The van der Waals surface area contributed by atoms with Crippen LogP contribution in [0.25, 0.3) is 33.5 Å². The summed E-state index contributed by atoms with van der Waals surface area (Å²) in [6.07, 6.45) is 0. The number of para-hydroxylation sites is 2. The molecule has 0 aliphatic rings. The second-order valence-corrected chi connectivity index (χ2v) is 7.72. The van der Waals surface area contributed by atoms with Gasteiger partial charge >= 0.3 is 0 Å². The molecule has 2 aromatic heterocycles. The number of rotatable bonds is 1. The molecule has 25 heavy (non-hydrogen) atoms. The SMILES string of the molecule is Cc1nc2ccc(C)c(-c3n(C(C)(C)C)c4ccccc4[n+]3C)c2o1. The van der Waals surface area contributed by atoms with Crippen molar-refractivity contribution in [1.82, 2.24) is 9.55 Å². The molecule has 0 saturated heterocycles. The van der Waals surface area contributed by atoms with Crippen LogP contribution in [0.1, 0.15) is 32.2 Å². The Bertz CT molecular complexity index is 1110. The quantitative estimate of drug-likeness (QED) is 0.475. The molecule has 4 nitrogen and oxygen atoms in total. The summed E-state index contributed by atoms with van der Waals surface area (Å²) >= 11 is 0. The van der Waals surface area contributed by atoms with Crippen molar-refractivity contribution in [1.29, 1.82) is 0 Å². The van der Waals surface area contributed by atoms with Crippen molar-refractivity contribution >= 4 is 22.1 Å². The van der Waals surface area contributed by atoms with Crippen LogP contribution >= 0.6 is 0 Å². The minimum Gasteiger partial charge on any atom is -0.440 e. The first-order valence-corrected chi connectivity index (χ1v) is 8.66. The maximum Gasteiger partial charge on any atom is 0.294 e. The van der Waals surface area contributed by atoms with E-state index in [2.05, 4.69) is 79.2 Å². The van der Waals surface area contributed by atoms with Crippen LogP contribution in [0.5, 0.6) is 0 Å². The van der Waals surface area contributed by atoms with E-state index >= 15 is 0 Å². The molecule has 0 saturated carbocycles. The maximum atomic E-state index is 6.02. The molecule has 0 amide bonds. The van der Waals surface area contributed by atoms with E-state index in [1.54, 1.807) is 0 Å². The predicted octanol–water partition coefficient (Wildman–Crippen LogP) is 4.65. The van der Waals surface area contributed by atoms with E-state index in [9.17, 15) is 0 Å². The van der Waals surface area contributed by atoms with Crippen molar-refractivity contribution < 1.29 is 8.98 Å². The topological polar surface area (TPSA) is 34.8 Å². The molecule has 2 aromatic carbocycles. The van der Waals surface area contributed by atoms with Crippen LogP contribution in [0.3, 0.4) is 0 Å². The van der Waals surface area contributed by atoms with Crippen molar-refractivity contribution in [3.63, 3.8) is 0 Å². The normalized spacial score (nSPS) is 12.4. The van der Waals surface area contributed by atoms with Gasteiger partial charge in [0.25, 0.3) is 5.82 Å². The highest BCUT2D eigenvalue weighted by molar-refractivity contribution is 5.91. The van der Waals surface area contributed by atoms with Crippen LogP contribution in [0.4, 0.5) is 0 Å². The second kappa shape index (κ2) is 5.19. The standard InChI is InChI=1S/C21H24N3O/c1-13-11-12-15-19(25-14(2)22-15)18(13)20-23(6)16-9-7-8-10-17(16)24(20)21(3,4)5/h7-12H,1-6H3/q+1. The lowest BCUT2D eigenvalue weighted by Crippen LogP contribution is -2.33. The van der Waals surface area contributed by atoms with Crippen molar-refractivity contribution in [2.45, 2.75) is 40.2 Å². The Labute approximate surface area is 147 Å². The lowest BCUT2D eigenvalue weighted by Gasteiger charge is -2.18. The fourth-order valence-corrected chi connectivity index (χ4v) is 3.75. The molecule has 4 aromatic rings. The predicted molar refractivity (Wildman–Crippen MR) is 101 cm³/mol. The van der Waals surface area contributed by atoms with Crippen LogP contribution in [0.2, 0.25) is 0 Å². The number of oxazole rings is 1. The maximum absolute atomic E-state index is 6.02. The minimum atomic E-state index is -0.0696. The van der Waals surface area contributed by atoms with Crippen molar-refractivity contribution in [3.8, 4) is 11.4 Å². The minimum absolute atomic E-state index is 0.0696. The number of hydrogen-bond acceptors (Lipinski definition) is 2.